The number of benzene rings is 2. The number of carbonyl (C=O) groups excluding carboxylic acids is 3. The van der Waals surface area contributed by atoms with E-state index in [2.05, 4.69) is 0 Å². The van der Waals surface area contributed by atoms with Gasteiger partial charge in [-0.05, 0) is 54.1 Å². The van der Waals surface area contributed by atoms with Crippen LogP contribution < -0.4 is 4.90 Å². The molecule has 1 saturated heterocycles. The first-order valence-corrected chi connectivity index (χ1v) is 10.2. The maximum absolute atomic E-state index is 13.3. The predicted molar refractivity (Wildman–Crippen MR) is 117 cm³/mol. The van der Waals surface area contributed by atoms with Crippen LogP contribution >= 0.6 is 11.6 Å². The van der Waals surface area contributed by atoms with Gasteiger partial charge in [-0.1, -0.05) is 23.7 Å². The van der Waals surface area contributed by atoms with Crippen LogP contribution in [0.2, 0.25) is 5.02 Å². The number of nitrogens with zero attached hydrogens (tertiary/aromatic N) is 2. The standard InChI is InChI=1S/C24H21ClN2O4/c1-26(2)18-11-7-15(8-12-18)21-20(22(28)16-5-9-17(25)10-6-16)23(29)24(30)27(21)14-19-4-3-13-31-19/h3-13,20-21H,14H2,1-2H3. The Morgan fingerprint density at radius 2 is 1.71 bits per heavy atom. The molecule has 7 heteroatoms. The summed E-state index contributed by atoms with van der Waals surface area (Å²) in [5, 5.41) is 0.487. The van der Waals surface area contributed by atoms with E-state index in [-0.39, 0.29) is 6.54 Å². The average Bonchev–Trinajstić information content (AvgIpc) is 3.36. The molecule has 6 nitrogen and oxygen atoms in total. The molecule has 4 rings (SSSR count). The number of likely N-dealkylation sites (tertiary alicyclic amines) is 1. The van der Waals surface area contributed by atoms with E-state index in [1.807, 2.05) is 43.3 Å². The number of furan rings is 1. The van der Waals surface area contributed by atoms with Crippen molar-refractivity contribution in [1.29, 1.82) is 0 Å². The normalized spacial score (nSPS) is 18.5. The highest BCUT2D eigenvalue weighted by Crippen LogP contribution is 2.39. The summed E-state index contributed by atoms with van der Waals surface area (Å²) >= 11 is 5.94. The number of amides is 1. The molecule has 1 aliphatic rings. The number of carbonyl (C=O) groups is 3. The highest BCUT2D eigenvalue weighted by Gasteiger charge is 2.51. The molecule has 2 atom stereocenters. The van der Waals surface area contributed by atoms with Crippen LogP contribution in [0, 0.1) is 5.92 Å². The molecular weight excluding hydrogens is 416 g/mol. The highest BCUT2D eigenvalue weighted by atomic mass is 35.5. The Hall–Kier alpha value is -3.38. The van der Waals surface area contributed by atoms with Crippen LogP contribution in [0.25, 0.3) is 0 Å². The summed E-state index contributed by atoms with van der Waals surface area (Å²) in [6.45, 7) is 0.0993. The number of halogens is 1. The fraction of sp³-hybridized carbons (Fsp3) is 0.208. The summed E-state index contributed by atoms with van der Waals surface area (Å²) < 4.78 is 5.40. The number of hydrogen-bond acceptors (Lipinski definition) is 5. The lowest BCUT2D eigenvalue weighted by atomic mass is 9.86. The van der Waals surface area contributed by atoms with Crippen LogP contribution in [-0.2, 0) is 16.1 Å². The summed E-state index contributed by atoms with van der Waals surface area (Å²) in [5.74, 6) is -2.42. The maximum atomic E-state index is 13.3. The molecule has 1 amide bonds. The zero-order valence-corrected chi connectivity index (χ0v) is 17.9. The Kier molecular flexibility index (Phi) is 5.65. The van der Waals surface area contributed by atoms with Crippen LogP contribution in [0.5, 0.6) is 0 Å². The van der Waals surface area contributed by atoms with Crippen molar-refractivity contribution >= 4 is 34.8 Å². The molecule has 1 fully saturated rings. The lowest BCUT2D eigenvalue weighted by molar-refractivity contribution is -0.141. The number of hydrogen-bond donors (Lipinski definition) is 0. The van der Waals surface area contributed by atoms with E-state index in [0.29, 0.717) is 21.9 Å². The predicted octanol–water partition coefficient (Wildman–Crippen LogP) is 4.15. The molecule has 2 aromatic carbocycles. The Labute approximate surface area is 185 Å². The molecule has 158 valence electrons. The zero-order chi connectivity index (χ0) is 22.1. The third-order valence-electron chi connectivity index (χ3n) is 5.47. The fourth-order valence-electron chi connectivity index (χ4n) is 3.86. The van der Waals surface area contributed by atoms with Gasteiger partial charge < -0.3 is 14.2 Å². The summed E-state index contributed by atoms with van der Waals surface area (Å²) in [6, 6.07) is 16.6. The fourth-order valence-corrected chi connectivity index (χ4v) is 3.99. The van der Waals surface area contributed by atoms with E-state index in [9.17, 15) is 14.4 Å². The average molecular weight is 437 g/mol. The van der Waals surface area contributed by atoms with Gasteiger partial charge in [-0.3, -0.25) is 14.4 Å². The SMILES string of the molecule is CN(C)c1ccc(C2C(C(=O)c3ccc(Cl)cc3)C(=O)C(=O)N2Cc2ccco2)cc1. The Balaban J connectivity index is 1.77. The molecule has 0 bridgehead atoms. The zero-order valence-electron chi connectivity index (χ0n) is 17.1. The molecule has 0 N–H and O–H groups in total. The monoisotopic (exact) mass is 436 g/mol. The van der Waals surface area contributed by atoms with E-state index in [1.54, 1.807) is 36.4 Å². The van der Waals surface area contributed by atoms with Crippen LogP contribution in [0.1, 0.15) is 27.7 Å². The lowest BCUT2D eigenvalue weighted by Crippen LogP contribution is -2.30. The Morgan fingerprint density at radius 3 is 2.29 bits per heavy atom. The minimum atomic E-state index is -1.14. The second-order valence-electron chi connectivity index (χ2n) is 7.66. The van der Waals surface area contributed by atoms with E-state index < -0.39 is 29.4 Å². The summed E-state index contributed by atoms with van der Waals surface area (Å²) in [6.07, 6.45) is 1.51. The minimum absolute atomic E-state index is 0.0993. The van der Waals surface area contributed by atoms with Gasteiger partial charge in [0.2, 0.25) is 5.78 Å². The summed E-state index contributed by atoms with van der Waals surface area (Å²) in [7, 11) is 3.85. The molecule has 31 heavy (non-hydrogen) atoms. The number of ketones is 2. The minimum Gasteiger partial charge on any atom is -0.467 e. The maximum Gasteiger partial charge on any atom is 0.291 e. The van der Waals surface area contributed by atoms with Crippen LogP contribution in [0.15, 0.2) is 71.3 Å². The molecule has 0 radical (unpaired) electrons. The molecule has 2 unspecified atom stereocenters. The van der Waals surface area contributed by atoms with Gasteiger partial charge in [0, 0.05) is 30.4 Å². The van der Waals surface area contributed by atoms with Gasteiger partial charge in [0.1, 0.15) is 11.7 Å². The molecule has 1 aromatic heterocycles. The molecule has 0 saturated carbocycles. The van der Waals surface area contributed by atoms with Crippen LogP contribution in [-0.4, -0.2) is 36.5 Å². The van der Waals surface area contributed by atoms with Gasteiger partial charge in [-0.25, -0.2) is 0 Å². The van der Waals surface area contributed by atoms with Crippen molar-refractivity contribution in [3.05, 3.63) is 88.8 Å². The third kappa shape index (κ3) is 3.99. The van der Waals surface area contributed by atoms with Gasteiger partial charge in [-0.15, -0.1) is 0 Å². The largest absolute Gasteiger partial charge is 0.467 e. The second kappa shape index (κ2) is 8.40. The van der Waals surface area contributed by atoms with Gasteiger partial charge in [0.05, 0.1) is 18.8 Å². The van der Waals surface area contributed by atoms with Gasteiger partial charge in [0.25, 0.3) is 5.91 Å². The Morgan fingerprint density at radius 1 is 1.03 bits per heavy atom. The topological polar surface area (TPSA) is 70.8 Å². The van der Waals surface area contributed by atoms with Crippen molar-refractivity contribution in [2.45, 2.75) is 12.6 Å². The van der Waals surface area contributed by atoms with Crippen LogP contribution in [0.3, 0.4) is 0 Å². The van der Waals surface area contributed by atoms with E-state index in [4.69, 9.17) is 16.0 Å². The first kappa shape index (κ1) is 20.9. The van der Waals surface area contributed by atoms with Crippen molar-refractivity contribution < 1.29 is 18.8 Å². The molecule has 3 aromatic rings. The van der Waals surface area contributed by atoms with Crippen LogP contribution in [0.4, 0.5) is 5.69 Å². The van der Waals surface area contributed by atoms with Gasteiger partial charge in [-0.2, -0.15) is 0 Å². The molecule has 1 aliphatic heterocycles. The lowest BCUT2D eigenvalue weighted by Gasteiger charge is -2.27. The molecule has 0 spiro atoms. The Bertz CT molecular complexity index is 1110. The van der Waals surface area contributed by atoms with Crippen molar-refractivity contribution in [2.24, 2.45) is 5.92 Å². The van der Waals surface area contributed by atoms with E-state index in [0.717, 1.165) is 5.69 Å². The second-order valence-corrected chi connectivity index (χ2v) is 8.09. The first-order chi connectivity index (χ1) is 14.9. The molecule has 2 heterocycles. The smallest absolute Gasteiger partial charge is 0.291 e. The number of rotatable bonds is 6. The van der Waals surface area contributed by atoms with Crippen molar-refractivity contribution in [2.75, 3.05) is 19.0 Å². The summed E-state index contributed by atoms with van der Waals surface area (Å²) in [4.78, 5) is 42.7. The quantitative estimate of drug-likeness (QED) is 0.330. The highest BCUT2D eigenvalue weighted by molar-refractivity contribution is 6.44. The first-order valence-electron chi connectivity index (χ1n) is 9.81. The molecular formula is C24H21ClN2O4. The number of anilines is 1. The van der Waals surface area contributed by atoms with Crippen molar-refractivity contribution in [3.63, 3.8) is 0 Å². The third-order valence-corrected chi connectivity index (χ3v) is 5.73. The van der Waals surface area contributed by atoms with Gasteiger partial charge in [0.15, 0.2) is 5.78 Å². The van der Waals surface area contributed by atoms with E-state index >= 15 is 0 Å². The van der Waals surface area contributed by atoms with Crippen molar-refractivity contribution in [3.8, 4) is 0 Å². The molecule has 0 aliphatic carbocycles. The van der Waals surface area contributed by atoms with E-state index in [1.165, 1.54) is 11.2 Å². The van der Waals surface area contributed by atoms with Crippen molar-refractivity contribution in [1.82, 2.24) is 4.90 Å². The number of Topliss-reactive ketones (excluding diaryl/α,β-unsaturated/α-hetero) is 2. The van der Waals surface area contributed by atoms with Gasteiger partial charge >= 0.3 is 0 Å². The summed E-state index contributed by atoms with van der Waals surface area (Å²) in [5.41, 5.74) is 2.02.